The maximum absolute atomic E-state index is 10.9. The first-order chi connectivity index (χ1) is 8.58. The van der Waals surface area contributed by atoms with E-state index in [0.29, 0.717) is 17.0 Å². The molecule has 0 bridgehead atoms. The standard InChI is InChI=1S/C13H12N2O3/c1-9-4-2-7-12(15(16)17)13(9)18-11-6-3-5-10(14)8-11/h2-8H,14H2,1H3. The van der Waals surface area contributed by atoms with Crippen LogP contribution in [0.2, 0.25) is 0 Å². The SMILES string of the molecule is Cc1cccc([N+](=O)[O-])c1Oc1cccc(N)c1. The molecule has 0 amide bonds. The summed E-state index contributed by atoms with van der Waals surface area (Å²) < 4.78 is 5.56. The average molecular weight is 244 g/mol. The number of hydrogen-bond acceptors (Lipinski definition) is 4. The minimum atomic E-state index is -0.464. The second-order valence-corrected chi connectivity index (χ2v) is 3.85. The summed E-state index contributed by atoms with van der Waals surface area (Å²) in [6.45, 7) is 1.76. The van der Waals surface area contributed by atoms with Crippen LogP contribution in [0.25, 0.3) is 0 Å². The van der Waals surface area contributed by atoms with Gasteiger partial charge in [0.2, 0.25) is 5.75 Å². The number of nitrogens with two attached hydrogens (primary N) is 1. The highest BCUT2D eigenvalue weighted by atomic mass is 16.6. The quantitative estimate of drug-likeness (QED) is 0.510. The molecule has 2 N–H and O–H groups in total. The van der Waals surface area contributed by atoms with Crippen LogP contribution in [-0.2, 0) is 0 Å². The van der Waals surface area contributed by atoms with Crippen molar-refractivity contribution in [2.24, 2.45) is 0 Å². The third-order valence-corrected chi connectivity index (χ3v) is 2.47. The highest BCUT2D eigenvalue weighted by molar-refractivity contribution is 5.54. The first-order valence-corrected chi connectivity index (χ1v) is 5.35. The molecule has 0 aliphatic carbocycles. The number of nitro benzene ring substituents is 1. The number of benzene rings is 2. The second-order valence-electron chi connectivity index (χ2n) is 3.85. The number of para-hydroxylation sites is 1. The fraction of sp³-hybridized carbons (Fsp3) is 0.0769. The molecule has 0 aliphatic heterocycles. The molecule has 0 heterocycles. The van der Waals surface area contributed by atoms with E-state index in [9.17, 15) is 10.1 Å². The van der Waals surface area contributed by atoms with Crippen LogP contribution < -0.4 is 10.5 Å². The largest absolute Gasteiger partial charge is 0.450 e. The lowest BCUT2D eigenvalue weighted by atomic mass is 10.2. The molecule has 5 nitrogen and oxygen atoms in total. The van der Waals surface area contributed by atoms with Crippen LogP contribution >= 0.6 is 0 Å². The first-order valence-electron chi connectivity index (χ1n) is 5.35. The molecule has 18 heavy (non-hydrogen) atoms. The third-order valence-electron chi connectivity index (χ3n) is 2.47. The zero-order valence-electron chi connectivity index (χ0n) is 9.79. The van der Waals surface area contributed by atoms with Gasteiger partial charge in [0, 0.05) is 17.8 Å². The molecule has 0 saturated carbocycles. The van der Waals surface area contributed by atoms with E-state index in [0.717, 1.165) is 0 Å². The summed E-state index contributed by atoms with van der Waals surface area (Å²) in [5.74, 6) is 0.723. The molecule has 2 aromatic rings. The Balaban J connectivity index is 2.42. The molecular weight excluding hydrogens is 232 g/mol. The topological polar surface area (TPSA) is 78.4 Å². The van der Waals surface area contributed by atoms with Crippen LogP contribution in [0, 0.1) is 17.0 Å². The molecule has 0 radical (unpaired) electrons. The molecule has 2 rings (SSSR count). The number of aryl methyl sites for hydroxylation is 1. The van der Waals surface area contributed by atoms with Crippen LogP contribution in [0.15, 0.2) is 42.5 Å². The van der Waals surface area contributed by atoms with Gasteiger partial charge in [-0.25, -0.2) is 0 Å². The molecule has 0 atom stereocenters. The van der Waals surface area contributed by atoms with Crippen LogP contribution in [0.3, 0.4) is 0 Å². The Bertz CT molecular complexity index is 597. The zero-order valence-corrected chi connectivity index (χ0v) is 9.79. The third kappa shape index (κ3) is 2.40. The highest BCUT2D eigenvalue weighted by Crippen LogP contribution is 2.34. The predicted octanol–water partition coefficient (Wildman–Crippen LogP) is 3.28. The molecular formula is C13H12N2O3. The van der Waals surface area contributed by atoms with Crippen molar-refractivity contribution in [1.82, 2.24) is 0 Å². The van der Waals surface area contributed by atoms with Crippen molar-refractivity contribution in [1.29, 1.82) is 0 Å². The lowest BCUT2D eigenvalue weighted by Crippen LogP contribution is -1.96. The Morgan fingerprint density at radius 2 is 1.94 bits per heavy atom. The van der Waals surface area contributed by atoms with Gasteiger partial charge in [0.25, 0.3) is 0 Å². The van der Waals surface area contributed by atoms with Crippen LogP contribution in [0.1, 0.15) is 5.56 Å². The van der Waals surface area contributed by atoms with Gasteiger partial charge >= 0.3 is 5.69 Å². The number of hydrogen-bond donors (Lipinski definition) is 1. The van der Waals surface area contributed by atoms with E-state index in [1.165, 1.54) is 6.07 Å². The van der Waals surface area contributed by atoms with Crippen molar-refractivity contribution < 1.29 is 9.66 Å². The Hall–Kier alpha value is -2.56. The van der Waals surface area contributed by atoms with Crippen molar-refractivity contribution in [3.8, 4) is 11.5 Å². The van der Waals surface area contributed by atoms with E-state index in [-0.39, 0.29) is 11.4 Å². The molecule has 0 saturated heterocycles. The molecule has 0 aliphatic rings. The van der Waals surface area contributed by atoms with Gasteiger partial charge in [-0.3, -0.25) is 10.1 Å². The Kier molecular flexibility index (Phi) is 3.14. The molecule has 0 fully saturated rings. The van der Waals surface area contributed by atoms with Gasteiger partial charge in [-0.05, 0) is 24.6 Å². The number of anilines is 1. The smallest absolute Gasteiger partial charge is 0.311 e. The van der Waals surface area contributed by atoms with Gasteiger partial charge in [-0.15, -0.1) is 0 Å². The maximum atomic E-state index is 10.9. The highest BCUT2D eigenvalue weighted by Gasteiger charge is 2.17. The van der Waals surface area contributed by atoms with Gasteiger partial charge in [-0.1, -0.05) is 18.2 Å². The number of ether oxygens (including phenoxy) is 1. The van der Waals surface area contributed by atoms with Gasteiger partial charge in [0.1, 0.15) is 5.75 Å². The minimum Gasteiger partial charge on any atom is -0.450 e. The van der Waals surface area contributed by atoms with E-state index in [4.69, 9.17) is 10.5 Å². The van der Waals surface area contributed by atoms with E-state index < -0.39 is 4.92 Å². The number of rotatable bonds is 3. The molecule has 0 unspecified atom stereocenters. The van der Waals surface area contributed by atoms with Crippen LogP contribution in [-0.4, -0.2) is 4.92 Å². The minimum absolute atomic E-state index is 0.0579. The lowest BCUT2D eigenvalue weighted by molar-refractivity contribution is -0.385. The summed E-state index contributed by atoms with van der Waals surface area (Å²) in [5, 5.41) is 10.9. The Morgan fingerprint density at radius 1 is 1.22 bits per heavy atom. The summed E-state index contributed by atoms with van der Waals surface area (Å²) in [6, 6.07) is 11.6. The van der Waals surface area contributed by atoms with Gasteiger partial charge in [0.15, 0.2) is 0 Å². The van der Waals surface area contributed by atoms with E-state index in [1.54, 1.807) is 43.3 Å². The maximum Gasteiger partial charge on any atom is 0.311 e. The van der Waals surface area contributed by atoms with Gasteiger partial charge in [0.05, 0.1) is 4.92 Å². The Morgan fingerprint density at radius 3 is 2.61 bits per heavy atom. The van der Waals surface area contributed by atoms with Crippen LogP contribution in [0.5, 0.6) is 11.5 Å². The van der Waals surface area contributed by atoms with Crippen molar-refractivity contribution in [2.75, 3.05) is 5.73 Å². The molecule has 5 heteroatoms. The number of nitro groups is 1. The van der Waals surface area contributed by atoms with E-state index in [1.807, 2.05) is 0 Å². The Labute approximate surface area is 104 Å². The summed E-state index contributed by atoms with van der Waals surface area (Å²) >= 11 is 0. The average Bonchev–Trinajstić information content (AvgIpc) is 2.31. The first kappa shape index (κ1) is 11.9. The van der Waals surface area contributed by atoms with E-state index in [2.05, 4.69) is 0 Å². The predicted molar refractivity (Wildman–Crippen MR) is 68.8 cm³/mol. The summed E-state index contributed by atoms with van der Waals surface area (Å²) in [7, 11) is 0. The molecule has 0 spiro atoms. The fourth-order valence-electron chi connectivity index (χ4n) is 1.61. The molecule has 92 valence electrons. The second kappa shape index (κ2) is 4.75. The van der Waals surface area contributed by atoms with Crippen molar-refractivity contribution >= 4 is 11.4 Å². The zero-order chi connectivity index (χ0) is 13.1. The van der Waals surface area contributed by atoms with E-state index >= 15 is 0 Å². The normalized spacial score (nSPS) is 10.1. The van der Waals surface area contributed by atoms with Crippen molar-refractivity contribution in [3.05, 3.63) is 58.1 Å². The monoisotopic (exact) mass is 244 g/mol. The van der Waals surface area contributed by atoms with Crippen molar-refractivity contribution in [2.45, 2.75) is 6.92 Å². The fourth-order valence-corrected chi connectivity index (χ4v) is 1.61. The van der Waals surface area contributed by atoms with Gasteiger partial charge < -0.3 is 10.5 Å². The summed E-state index contributed by atoms with van der Waals surface area (Å²) in [4.78, 5) is 10.5. The lowest BCUT2D eigenvalue weighted by Gasteiger charge is -2.09. The van der Waals surface area contributed by atoms with Gasteiger partial charge in [-0.2, -0.15) is 0 Å². The summed E-state index contributed by atoms with van der Waals surface area (Å²) in [6.07, 6.45) is 0. The number of nitrogen functional groups attached to an aromatic ring is 1. The molecule has 2 aromatic carbocycles. The summed E-state index contributed by atoms with van der Waals surface area (Å²) in [5.41, 5.74) is 6.82. The van der Waals surface area contributed by atoms with Crippen molar-refractivity contribution in [3.63, 3.8) is 0 Å². The van der Waals surface area contributed by atoms with Crippen LogP contribution in [0.4, 0.5) is 11.4 Å². The molecule has 0 aromatic heterocycles. The number of nitrogens with zero attached hydrogens (tertiary/aromatic N) is 1.